The molecule has 0 saturated carbocycles. The third-order valence-electron chi connectivity index (χ3n) is 2.72. The molecule has 0 radical (unpaired) electrons. The predicted molar refractivity (Wildman–Crippen MR) is 67.5 cm³/mol. The van der Waals surface area contributed by atoms with E-state index >= 15 is 0 Å². The van der Waals surface area contributed by atoms with Gasteiger partial charge in [-0.15, -0.1) is 0 Å². The van der Waals surface area contributed by atoms with Crippen LogP contribution in [0.2, 0.25) is 10.0 Å². The van der Waals surface area contributed by atoms with Crippen LogP contribution in [0.1, 0.15) is 0 Å². The Morgan fingerprint density at radius 2 is 1.94 bits per heavy atom. The van der Waals surface area contributed by atoms with Crippen LogP contribution in [-0.2, 0) is 11.3 Å². The van der Waals surface area contributed by atoms with Crippen molar-refractivity contribution < 1.29 is 4.79 Å². The van der Waals surface area contributed by atoms with E-state index in [1.807, 2.05) is 0 Å². The Balaban J connectivity index is 2.63. The minimum Gasteiger partial charge on any atom is -0.321 e. The number of anilines is 1. The van der Waals surface area contributed by atoms with Gasteiger partial charge >= 0.3 is 11.1 Å². The van der Waals surface area contributed by atoms with Gasteiger partial charge in [0.15, 0.2) is 0 Å². The van der Waals surface area contributed by atoms with Crippen LogP contribution in [0.4, 0.5) is 5.69 Å². The van der Waals surface area contributed by atoms with Gasteiger partial charge in [-0.1, -0.05) is 23.2 Å². The molecule has 0 atom stereocenters. The van der Waals surface area contributed by atoms with Crippen molar-refractivity contribution in [3.05, 3.63) is 36.8 Å². The molecule has 0 bridgehead atoms. The lowest BCUT2D eigenvalue weighted by Gasteiger charge is -2.20. The molecule has 0 fully saturated rings. The number of amides is 1. The summed E-state index contributed by atoms with van der Waals surface area (Å²) in [5.74, 6) is -0.430. The van der Waals surface area contributed by atoms with E-state index in [1.165, 1.54) is 6.07 Å². The number of carbonyl (C=O) groups is 1. The topological polar surface area (TPSA) is 84.0 Å². The number of hydrogen-bond acceptors (Lipinski definition) is 3. The third kappa shape index (κ3) is 1.39. The molecule has 2 heterocycles. The van der Waals surface area contributed by atoms with Crippen LogP contribution in [0.3, 0.4) is 0 Å². The lowest BCUT2D eigenvalue weighted by atomic mass is 10.2. The molecule has 0 saturated heterocycles. The molecule has 1 aliphatic rings. The number of hydrogen-bond donors (Lipinski definition) is 2. The molecule has 92 valence electrons. The lowest BCUT2D eigenvalue weighted by Crippen LogP contribution is -2.41. The predicted octanol–water partition coefficient (Wildman–Crippen LogP) is 0.949. The number of rotatable bonds is 0. The van der Waals surface area contributed by atoms with E-state index in [9.17, 15) is 14.4 Å². The van der Waals surface area contributed by atoms with Gasteiger partial charge in [-0.05, 0) is 6.07 Å². The van der Waals surface area contributed by atoms with Crippen LogP contribution >= 0.6 is 23.2 Å². The Bertz CT molecular complexity index is 822. The average molecular weight is 286 g/mol. The van der Waals surface area contributed by atoms with Crippen LogP contribution in [0, 0.1) is 0 Å². The Morgan fingerprint density at radius 3 is 2.67 bits per heavy atom. The van der Waals surface area contributed by atoms with Crippen molar-refractivity contribution in [1.82, 2.24) is 9.55 Å². The number of nitrogens with one attached hydrogen (secondary N) is 2. The molecule has 1 aliphatic heterocycles. The average Bonchev–Trinajstić information content (AvgIpc) is 2.32. The smallest absolute Gasteiger partial charge is 0.317 e. The molecule has 3 rings (SSSR count). The summed E-state index contributed by atoms with van der Waals surface area (Å²) in [4.78, 5) is 37.1. The summed E-state index contributed by atoms with van der Waals surface area (Å²) in [5, 5.41) is 2.86. The van der Waals surface area contributed by atoms with Gasteiger partial charge in [0.05, 0.1) is 26.8 Å². The fourth-order valence-electron chi connectivity index (χ4n) is 1.98. The van der Waals surface area contributed by atoms with Gasteiger partial charge in [0.25, 0.3) is 0 Å². The second-order valence-electron chi connectivity index (χ2n) is 3.84. The highest BCUT2D eigenvalue weighted by Gasteiger charge is 2.23. The molecular weight excluding hydrogens is 281 g/mol. The zero-order chi connectivity index (χ0) is 13.0. The van der Waals surface area contributed by atoms with Crippen LogP contribution in [-0.4, -0.2) is 15.5 Å². The number of nitrogens with zero attached hydrogens (tertiary/aromatic N) is 1. The SMILES string of the molecule is O=C1Cn2c(=O)c(=O)[nH]c3cc(Cl)c(Cl)c(c32)N1. The number of halogens is 2. The Labute approximate surface area is 109 Å². The Kier molecular flexibility index (Phi) is 2.26. The maximum atomic E-state index is 11.7. The van der Waals surface area contributed by atoms with Crippen LogP contribution in [0.5, 0.6) is 0 Å². The normalized spacial score (nSPS) is 13.8. The standard InChI is InChI=1S/C10H5Cl2N3O3/c11-3-1-4-8-7(6(3)12)14-5(16)2-15(8)10(18)9(17)13-4/h1H,2H2,(H,13,17)(H,14,16). The number of aromatic nitrogens is 2. The van der Waals surface area contributed by atoms with Crippen LogP contribution in [0.25, 0.3) is 11.0 Å². The summed E-state index contributed by atoms with van der Waals surface area (Å²) in [6, 6.07) is 1.44. The van der Waals surface area contributed by atoms with Gasteiger partial charge in [0.2, 0.25) is 5.91 Å². The minimum absolute atomic E-state index is 0.136. The molecule has 8 heteroatoms. The van der Waals surface area contributed by atoms with Crippen molar-refractivity contribution in [3.63, 3.8) is 0 Å². The molecule has 0 aliphatic carbocycles. The first kappa shape index (κ1) is 11.3. The summed E-state index contributed by atoms with van der Waals surface area (Å²) in [6.07, 6.45) is 0. The first-order valence-electron chi connectivity index (χ1n) is 4.93. The van der Waals surface area contributed by atoms with E-state index in [4.69, 9.17) is 23.2 Å². The molecule has 1 amide bonds. The van der Waals surface area contributed by atoms with Crippen molar-refractivity contribution >= 4 is 45.8 Å². The van der Waals surface area contributed by atoms with E-state index in [0.717, 1.165) is 4.57 Å². The summed E-state index contributed by atoms with van der Waals surface area (Å²) >= 11 is 11.9. The molecular formula is C10H5Cl2N3O3. The molecule has 1 aromatic carbocycles. The van der Waals surface area contributed by atoms with Gasteiger partial charge in [0, 0.05) is 0 Å². The second kappa shape index (κ2) is 3.60. The summed E-state index contributed by atoms with van der Waals surface area (Å²) in [5.41, 5.74) is -0.639. The fourth-order valence-corrected chi connectivity index (χ4v) is 2.37. The molecule has 2 N–H and O–H groups in total. The largest absolute Gasteiger partial charge is 0.321 e. The first-order valence-corrected chi connectivity index (χ1v) is 5.69. The van der Waals surface area contributed by atoms with Crippen LogP contribution < -0.4 is 16.4 Å². The van der Waals surface area contributed by atoms with E-state index in [1.54, 1.807) is 0 Å². The molecule has 1 aromatic heterocycles. The zero-order valence-corrected chi connectivity index (χ0v) is 10.2. The number of carbonyl (C=O) groups excluding carboxylic acids is 1. The molecule has 2 aromatic rings. The summed E-state index contributed by atoms with van der Waals surface area (Å²) in [7, 11) is 0. The number of H-pyrrole nitrogens is 1. The van der Waals surface area contributed by atoms with E-state index in [-0.39, 0.29) is 22.3 Å². The minimum atomic E-state index is -0.804. The third-order valence-corrected chi connectivity index (χ3v) is 3.50. The van der Waals surface area contributed by atoms with Crippen molar-refractivity contribution in [2.45, 2.75) is 6.54 Å². The van der Waals surface area contributed by atoms with Gasteiger partial charge in [-0.2, -0.15) is 0 Å². The number of aromatic amines is 1. The maximum absolute atomic E-state index is 11.7. The lowest BCUT2D eigenvalue weighted by molar-refractivity contribution is -0.116. The van der Waals surface area contributed by atoms with Crippen molar-refractivity contribution in [1.29, 1.82) is 0 Å². The van der Waals surface area contributed by atoms with Gasteiger partial charge in [-0.25, -0.2) is 0 Å². The van der Waals surface area contributed by atoms with Crippen LogP contribution in [0.15, 0.2) is 15.7 Å². The quantitative estimate of drug-likeness (QED) is 0.707. The molecule has 0 unspecified atom stereocenters. The fraction of sp³-hybridized carbons (Fsp3) is 0.100. The van der Waals surface area contributed by atoms with Gasteiger partial charge in [-0.3, -0.25) is 19.0 Å². The van der Waals surface area contributed by atoms with E-state index in [2.05, 4.69) is 10.3 Å². The van der Waals surface area contributed by atoms with E-state index < -0.39 is 17.0 Å². The zero-order valence-electron chi connectivity index (χ0n) is 8.71. The highest BCUT2D eigenvalue weighted by Crippen LogP contribution is 2.37. The molecule has 6 nitrogen and oxygen atoms in total. The van der Waals surface area contributed by atoms with Crippen molar-refractivity contribution in [2.24, 2.45) is 0 Å². The Hall–Kier alpha value is -1.79. The van der Waals surface area contributed by atoms with Crippen molar-refractivity contribution in [2.75, 3.05) is 5.32 Å². The Morgan fingerprint density at radius 1 is 1.22 bits per heavy atom. The number of benzene rings is 1. The monoisotopic (exact) mass is 285 g/mol. The van der Waals surface area contributed by atoms with Gasteiger partial charge < -0.3 is 10.3 Å². The summed E-state index contributed by atoms with van der Waals surface area (Å²) in [6.45, 7) is -0.218. The maximum Gasteiger partial charge on any atom is 0.317 e. The van der Waals surface area contributed by atoms with Crippen molar-refractivity contribution in [3.8, 4) is 0 Å². The van der Waals surface area contributed by atoms with E-state index in [0.29, 0.717) is 11.0 Å². The highest BCUT2D eigenvalue weighted by molar-refractivity contribution is 6.45. The summed E-state index contributed by atoms with van der Waals surface area (Å²) < 4.78 is 1.09. The van der Waals surface area contributed by atoms with Gasteiger partial charge in [0.1, 0.15) is 6.54 Å². The highest BCUT2D eigenvalue weighted by atomic mass is 35.5. The molecule has 0 spiro atoms. The molecule has 18 heavy (non-hydrogen) atoms. The second-order valence-corrected chi connectivity index (χ2v) is 4.62. The first-order chi connectivity index (χ1) is 8.49.